The van der Waals surface area contributed by atoms with Gasteiger partial charge in [-0.15, -0.1) is 11.3 Å². The van der Waals surface area contributed by atoms with Crippen molar-refractivity contribution < 1.29 is 0 Å². The van der Waals surface area contributed by atoms with E-state index in [9.17, 15) is 0 Å². The fourth-order valence-electron chi connectivity index (χ4n) is 3.30. The molecule has 2 nitrogen and oxygen atoms in total. The molecule has 1 aliphatic rings. The van der Waals surface area contributed by atoms with E-state index >= 15 is 0 Å². The number of hydrogen-bond acceptors (Lipinski definition) is 3. The van der Waals surface area contributed by atoms with E-state index in [2.05, 4.69) is 44.1 Å². The van der Waals surface area contributed by atoms with Crippen LogP contribution in [0.3, 0.4) is 0 Å². The third kappa shape index (κ3) is 5.08. The van der Waals surface area contributed by atoms with E-state index in [1.54, 1.807) is 0 Å². The lowest BCUT2D eigenvalue weighted by Crippen LogP contribution is -2.34. The number of aryl methyl sites for hydroxylation is 1. The number of hydrogen-bond donors (Lipinski definition) is 1. The maximum atomic E-state index is 3.51. The normalized spacial score (nSPS) is 22.9. The summed E-state index contributed by atoms with van der Waals surface area (Å²) in [4.78, 5) is 5.57. The Morgan fingerprint density at radius 2 is 2.00 bits per heavy atom. The molecule has 0 radical (unpaired) electrons. The molecule has 0 spiro atoms. The third-order valence-electron chi connectivity index (χ3n) is 4.83. The van der Waals surface area contributed by atoms with Gasteiger partial charge in [-0.2, -0.15) is 0 Å². The average Bonchev–Trinajstić information content (AvgIpc) is 2.80. The van der Waals surface area contributed by atoms with Gasteiger partial charge in [0.25, 0.3) is 0 Å². The van der Waals surface area contributed by atoms with Crippen LogP contribution in [0.5, 0.6) is 0 Å². The summed E-state index contributed by atoms with van der Waals surface area (Å²) in [6, 6.07) is 3.21. The van der Waals surface area contributed by atoms with E-state index < -0.39 is 0 Å². The predicted molar refractivity (Wildman–Crippen MR) is 93.9 cm³/mol. The van der Waals surface area contributed by atoms with Gasteiger partial charge in [0, 0.05) is 28.9 Å². The first-order valence-electron chi connectivity index (χ1n) is 8.59. The van der Waals surface area contributed by atoms with Crippen LogP contribution in [0.25, 0.3) is 0 Å². The minimum absolute atomic E-state index is 0.794. The summed E-state index contributed by atoms with van der Waals surface area (Å²) < 4.78 is 0. The van der Waals surface area contributed by atoms with Crippen molar-refractivity contribution in [2.45, 2.75) is 72.0 Å². The maximum Gasteiger partial charge on any atom is 0.0299 e. The zero-order chi connectivity index (χ0) is 15.2. The molecule has 1 heterocycles. The number of nitrogens with zero attached hydrogens (tertiary/aromatic N) is 1. The lowest BCUT2D eigenvalue weighted by Gasteiger charge is -2.33. The molecule has 0 saturated heterocycles. The molecule has 1 saturated carbocycles. The van der Waals surface area contributed by atoms with Crippen molar-refractivity contribution in [3.05, 3.63) is 21.4 Å². The second-order valence-corrected chi connectivity index (χ2v) is 8.14. The van der Waals surface area contributed by atoms with Crippen LogP contribution in [-0.4, -0.2) is 24.5 Å². The van der Waals surface area contributed by atoms with Crippen LogP contribution in [0.1, 0.15) is 61.3 Å². The summed E-state index contributed by atoms with van der Waals surface area (Å²) in [6.07, 6.45) is 6.78. The molecule has 120 valence electrons. The Hall–Kier alpha value is -0.380. The van der Waals surface area contributed by atoms with Gasteiger partial charge in [0.1, 0.15) is 0 Å². The van der Waals surface area contributed by atoms with E-state index in [1.807, 2.05) is 11.3 Å². The Labute approximate surface area is 134 Å². The van der Waals surface area contributed by atoms with E-state index in [0.29, 0.717) is 0 Å². The van der Waals surface area contributed by atoms with Crippen LogP contribution in [0, 0.1) is 12.8 Å². The Morgan fingerprint density at radius 3 is 2.67 bits per heavy atom. The quantitative estimate of drug-likeness (QED) is 0.742. The first-order chi connectivity index (χ1) is 10.1. The molecular weight excluding hydrogens is 276 g/mol. The first kappa shape index (κ1) is 17.0. The topological polar surface area (TPSA) is 15.3 Å². The predicted octanol–water partition coefficient (Wildman–Crippen LogP) is 4.57. The number of thiophene rings is 1. The van der Waals surface area contributed by atoms with Gasteiger partial charge in [-0.05, 0) is 70.2 Å². The standard InChI is InChI=1S/C18H32N2S/c1-5-10-19-12-18-11-16(15(3)21-18)13-20(4)17-8-6-14(2)7-9-17/h11,14,17,19H,5-10,12-13H2,1-4H3. The van der Waals surface area contributed by atoms with Gasteiger partial charge in [0.15, 0.2) is 0 Å². The van der Waals surface area contributed by atoms with Crippen molar-refractivity contribution in [1.29, 1.82) is 0 Å². The Kier molecular flexibility index (Phi) is 6.72. The fourth-order valence-corrected chi connectivity index (χ4v) is 4.32. The minimum atomic E-state index is 0.794. The van der Waals surface area contributed by atoms with Gasteiger partial charge in [-0.3, -0.25) is 4.90 Å². The summed E-state index contributed by atoms with van der Waals surface area (Å²) in [7, 11) is 2.31. The van der Waals surface area contributed by atoms with Crippen LogP contribution in [0.15, 0.2) is 6.07 Å². The zero-order valence-electron chi connectivity index (χ0n) is 14.2. The molecule has 0 aromatic carbocycles. The van der Waals surface area contributed by atoms with Crippen molar-refractivity contribution in [2.75, 3.05) is 13.6 Å². The van der Waals surface area contributed by atoms with Gasteiger partial charge in [0.2, 0.25) is 0 Å². The van der Waals surface area contributed by atoms with E-state index in [1.165, 1.54) is 47.4 Å². The molecule has 0 bridgehead atoms. The number of nitrogens with one attached hydrogen (secondary N) is 1. The SMILES string of the molecule is CCCNCc1cc(CN(C)C2CCC(C)CC2)c(C)s1. The molecule has 0 unspecified atom stereocenters. The van der Waals surface area contributed by atoms with Crippen molar-refractivity contribution in [3.8, 4) is 0 Å². The molecule has 0 aliphatic heterocycles. The molecule has 0 amide bonds. The van der Waals surface area contributed by atoms with Crippen molar-refractivity contribution in [2.24, 2.45) is 5.92 Å². The monoisotopic (exact) mass is 308 g/mol. The van der Waals surface area contributed by atoms with Gasteiger partial charge >= 0.3 is 0 Å². The molecule has 0 atom stereocenters. The summed E-state index contributed by atoms with van der Waals surface area (Å²) in [5.41, 5.74) is 1.54. The van der Waals surface area contributed by atoms with Crippen LogP contribution >= 0.6 is 11.3 Å². The molecule has 1 aromatic rings. The molecular formula is C18H32N2S. The lowest BCUT2D eigenvalue weighted by atomic mass is 9.86. The summed E-state index contributed by atoms with van der Waals surface area (Å²) in [6.45, 7) is 10.2. The highest BCUT2D eigenvalue weighted by Crippen LogP contribution is 2.29. The largest absolute Gasteiger partial charge is 0.312 e. The molecule has 1 aromatic heterocycles. The molecule has 21 heavy (non-hydrogen) atoms. The molecule has 3 heteroatoms. The Bertz CT molecular complexity index is 419. The molecule has 1 N–H and O–H groups in total. The average molecular weight is 309 g/mol. The van der Waals surface area contributed by atoms with Gasteiger partial charge in [-0.25, -0.2) is 0 Å². The first-order valence-corrected chi connectivity index (χ1v) is 9.41. The lowest BCUT2D eigenvalue weighted by molar-refractivity contribution is 0.164. The Balaban J connectivity index is 1.86. The highest BCUT2D eigenvalue weighted by molar-refractivity contribution is 7.12. The smallest absolute Gasteiger partial charge is 0.0299 e. The second kappa shape index (κ2) is 8.30. The van der Waals surface area contributed by atoms with Gasteiger partial charge < -0.3 is 5.32 Å². The molecule has 2 rings (SSSR count). The number of rotatable bonds is 7. The van der Waals surface area contributed by atoms with Crippen LogP contribution in [0.2, 0.25) is 0 Å². The van der Waals surface area contributed by atoms with Crippen LogP contribution in [0.4, 0.5) is 0 Å². The third-order valence-corrected chi connectivity index (χ3v) is 5.92. The van der Waals surface area contributed by atoms with Crippen molar-refractivity contribution in [1.82, 2.24) is 10.2 Å². The van der Waals surface area contributed by atoms with Crippen molar-refractivity contribution in [3.63, 3.8) is 0 Å². The van der Waals surface area contributed by atoms with Crippen LogP contribution < -0.4 is 5.32 Å². The summed E-state index contributed by atoms with van der Waals surface area (Å²) >= 11 is 1.96. The van der Waals surface area contributed by atoms with E-state index in [0.717, 1.165) is 31.6 Å². The highest BCUT2D eigenvalue weighted by Gasteiger charge is 2.22. The summed E-state index contributed by atoms with van der Waals surface area (Å²) in [5.74, 6) is 0.939. The molecule has 1 fully saturated rings. The van der Waals surface area contributed by atoms with Crippen molar-refractivity contribution >= 4 is 11.3 Å². The zero-order valence-corrected chi connectivity index (χ0v) is 15.1. The molecule has 1 aliphatic carbocycles. The maximum absolute atomic E-state index is 3.51. The van der Waals surface area contributed by atoms with E-state index in [4.69, 9.17) is 0 Å². The van der Waals surface area contributed by atoms with Gasteiger partial charge in [-0.1, -0.05) is 13.8 Å². The summed E-state index contributed by atoms with van der Waals surface area (Å²) in [5, 5.41) is 3.51. The van der Waals surface area contributed by atoms with Crippen LogP contribution in [-0.2, 0) is 13.1 Å². The minimum Gasteiger partial charge on any atom is -0.312 e. The Morgan fingerprint density at radius 1 is 1.29 bits per heavy atom. The van der Waals surface area contributed by atoms with Gasteiger partial charge in [0.05, 0.1) is 0 Å². The van der Waals surface area contributed by atoms with E-state index in [-0.39, 0.29) is 0 Å². The fraction of sp³-hybridized carbons (Fsp3) is 0.778. The highest BCUT2D eigenvalue weighted by atomic mass is 32.1. The second-order valence-electron chi connectivity index (χ2n) is 6.80.